The summed E-state index contributed by atoms with van der Waals surface area (Å²) in [4.78, 5) is 11.4. The number of ketones is 1. The van der Waals surface area contributed by atoms with Crippen molar-refractivity contribution in [3.05, 3.63) is 0 Å². The number of rotatable bonds is 0. The summed E-state index contributed by atoms with van der Waals surface area (Å²) in [6, 6.07) is 0. The quantitative estimate of drug-likeness (QED) is 0.554. The molecule has 0 heterocycles. The first-order chi connectivity index (χ1) is 6.19. The molecule has 0 amide bonds. The minimum Gasteiger partial charge on any atom is -0.300 e. The topological polar surface area (TPSA) is 17.1 Å². The maximum absolute atomic E-state index is 11.4. The summed E-state index contributed by atoms with van der Waals surface area (Å²) in [5, 5.41) is 0. The molecule has 0 saturated heterocycles. The Kier molecular flexibility index (Phi) is 0.874. The molecule has 1 nitrogen and oxygen atoms in total. The molecule has 4 rings (SSSR count). The zero-order chi connectivity index (χ0) is 8.84. The normalized spacial score (nSPS) is 66.8. The van der Waals surface area contributed by atoms with Crippen molar-refractivity contribution in [2.45, 2.75) is 39.0 Å². The Hall–Kier alpha value is -0.330. The van der Waals surface area contributed by atoms with Gasteiger partial charge in [-0.05, 0) is 47.8 Å². The Bertz CT molecular complexity index is 321. The highest BCUT2D eigenvalue weighted by Gasteiger charge is 2.85. The van der Waals surface area contributed by atoms with Crippen molar-refractivity contribution < 1.29 is 4.79 Å². The Morgan fingerprint density at radius 3 is 2.92 bits per heavy atom. The van der Waals surface area contributed by atoms with E-state index in [0.717, 1.165) is 30.6 Å². The lowest BCUT2D eigenvalue weighted by atomic mass is 9.78. The first-order valence-corrected chi connectivity index (χ1v) is 5.71. The Morgan fingerprint density at radius 1 is 1.31 bits per heavy atom. The second-order valence-electron chi connectivity index (χ2n) is 6.00. The third-order valence-corrected chi connectivity index (χ3v) is 6.20. The Labute approximate surface area is 78.9 Å². The summed E-state index contributed by atoms with van der Waals surface area (Å²) in [5.74, 6) is 3.32. The van der Waals surface area contributed by atoms with E-state index in [4.69, 9.17) is 0 Å². The van der Waals surface area contributed by atoms with E-state index in [1.54, 1.807) is 0 Å². The number of hydrogen-bond acceptors (Lipinski definition) is 1. The molecule has 0 aromatic rings. The fourth-order valence-corrected chi connectivity index (χ4v) is 5.71. The first kappa shape index (κ1) is 7.03. The van der Waals surface area contributed by atoms with Crippen molar-refractivity contribution in [1.82, 2.24) is 0 Å². The maximum atomic E-state index is 11.4. The molecule has 0 N–H and O–H groups in total. The first-order valence-electron chi connectivity index (χ1n) is 5.71. The van der Waals surface area contributed by atoms with Crippen LogP contribution >= 0.6 is 0 Å². The van der Waals surface area contributed by atoms with Gasteiger partial charge in [0.05, 0.1) is 0 Å². The van der Waals surface area contributed by atoms with Gasteiger partial charge in [0.15, 0.2) is 0 Å². The minimum absolute atomic E-state index is 0.549. The van der Waals surface area contributed by atoms with Crippen molar-refractivity contribution in [3.63, 3.8) is 0 Å². The highest BCUT2D eigenvalue weighted by molar-refractivity contribution is 5.85. The van der Waals surface area contributed by atoms with Gasteiger partial charge in [-0.3, -0.25) is 4.79 Å². The molecule has 0 aliphatic heterocycles. The number of carbonyl (C=O) groups excluding carboxylic acids is 1. The van der Waals surface area contributed by atoms with E-state index in [1.807, 2.05) is 0 Å². The molecule has 1 unspecified atom stereocenters. The van der Waals surface area contributed by atoms with Gasteiger partial charge in [-0.2, -0.15) is 0 Å². The van der Waals surface area contributed by atoms with Gasteiger partial charge in [-0.25, -0.2) is 0 Å². The molecule has 1 spiro atoms. The largest absolute Gasteiger partial charge is 0.300 e. The smallest absolute Gasteiger partial charge is 0.133 e. The van der Waals surface area contributed by atoms with Crippen LogP contribution in [0, 0.1) is 28.6 Å². The van der Waals surface area contributed by atoms with Crippen LogP contribution in [0.1, 0.15) is 39.0 Å². The molecule has 4 aliphatic carbocycles. The Morgan fingerprint density at radius 2 is 2.08 bits per heavy atom. The molecule has 70 valence electrons. The van der Waals surface area contributed by atoms with Crippen LogP contribution in [0.5, 0.6) is 0 Å². The van der Waals surface area contributed by atoms with Crippen LogP contribution < -0.4 is 0 Å². The molecular weight excluding hydrogens is 160 g/mol. The van der Waals surface area contributed by atoms with E-state index < -0.39 is 0 Å². The molecule has 4 saturated carbocycles. The van der Waals surface area contributed by atoms with Gasteiger partial charge in [-0.15, -0.1) is 0 Å². The average Bonchev–Trinajstić information content (AvgIpc) is 2.52. The standard InChI is InChI=1S/C12H16O/c1-11-7-2-3-8(4-7)12(11)6-9(13)5-10(11)12/h7-8,10H,2-6H2,1H3/t7-,8+,10?,11-,12+/m0/s1. The summed E-state index contributed by atoms with van der Waals surface area (Å²) in [5.41, 5.74) is 1.18. The van der Waals surface area contributed by atoms with Crippen molar-refractivity contribution in [2.75, 3.05) is 0 Å². The number of Topliss-reactive ketones (excluding diaryl/α,β-unsaturated/α-hetero) is 1. The predicted molar refractivity (Wildman–Crippen MR) is 49.1 cm³/mol. The fraction of sp³-hybridized carbons (Fsp3) is 0.917. The second-order valence-corrected chi connectivity index (χ2v) is 6.00. The maximum Gasteiger partial charge on any atom is 0.133 e. The van der Waals surface area contributed by atoms with Crippen LogP contribution in [0.15, 0.2) is 0 Å². The summed E-state index contributed by atoms with van der Waals surface area (Å²) >= 11 is 0. The zero-order valence-corrected chi connectivity index (χ0v) is 8.18. The van der Waals surface area contributed by atoms with Crippen LogP contribution in [0.2, 0.25) is 0 Å². The van der Waals surface area contributed by atoms with E-state index in [9.17, 15) is 4.79 Å². The molecule has 4 fully saturated rings. The van der Waals surface area contributed by atoms with Gasteiger partial charge >= 0.3 is 0 Å². The summed E-state index contributed by atoms with van der Waals surface area (Å²) < 4.78 is 0. The molecule has 5 atom stereocenters. The fourth-order valence-electron chi connectivity index (χ4n) is 5.71. The van der Waals surface area contributed by atoms with Gasteiger partial charge in [0, 0.05) is 12.8 Å². The van der Waals surface area contributed by atoms with Crippen molar-refractivity contribution in [2.24, 2.45) is 28.6 Å². The second kappa shape index (κ2) is 1.62. The molecular formula is C12H16O. The summed E-state index contributed by atoms with van der Waals surface area (Å²) in [7, 11) is 0. The lowest BCUT2D eigenvalue weighted by molar-refractivity contribution is -0.119. The van der Waals surface area contributed by atoms with E-state index >= 15 is 0 Å². The van der Waals surface area contributed by atoms with Crippen LogP contribution in [-0.2, 0) is 4.79 Å². The van der Waals surface area contributed by atoms with Gasteiger partial charge in [0.2, 0.25) is 0 Å². The predicted octanol–water partition coefficient (Wildman–Crippen LogP) is 2.40. The van der Waals surface area contributed by atoms with E-state index in [1.165, 1.54) is 19.3 Å². The monoisotopic (exact) mass is 176 g/mol. The van der Waals surface area contributed by atoms with Gasteiger partial charge in [0.1, 0.15) is 5.78 Å². The lowest BCUT2D eigenvalue weighted by Gasteiger charge is -2.26. The van der Waals surface area contributed by atoms with Crippen LogP contribution in [0.4, 0.5) is 0 Å². The third kappa shape index (κ3) is 0.461. The van der Waals surface area contributed by atoms with Crippen LogP contribution in [-0.4, -0.2) is 5.78 Å². The van der Waals surface area contributed by atoms with Crippen molar-refractivity contribution in [1.29, 1.82) is 0 Å². The molecule has 0 radical (unpaired) electrons. The highest BCUT2D eigenvalue weighted by atomic mass is 16.1. The number of carbonyl (C=O) groups is 1. The van der Waals surface area contributed by atoms with Gasteiger partial charge in [-0.1, -0.05) is 6.92 Å². The number of fused-ring (bicyclic) bond motifs is 4. The van der Waals surface area contributed by atoms with E-state index in [0.29, 0.717) is 16.6 Å². The lowest BCUT2D eigenvalue weighted by Crippen LogP contribution is -2.22. The van der Waals surface area contributed by atoms with Gasteiger partial charge < -0.3 is 0 Å². The molecule has 2 bridgehead atoms. The molecule has 13 heavy (non-hydrogen) atoms. The third-order valence-electron chi connectivity index (χ3n) is 6.20. The van der Waals surface area contributed by atoms with Crippen molar-refractivity contribution in [3.8, 4) is 0 Å². The highest BCUT2D eigenvalue weighted by Crippen LogP contribution is 2.89. The SMILES string of the molecule is C[C@]12C3CC(=O)C[C@@]31[C@@H]1CC[C@H]2C1. The summed E-state index contributed by atoms with van der Waals surface area (Å²) in [6.07, 6.45) is 6.25. The van der Waals surface area contributed by atoms with E-state index in [-0.39, 0.29) is 0 Å². The van der Waals surface area contributed by atoms with Crippen LogP contribution in [0.3, 0.4) is 0 Å². The molecule has 0 aromatic heterocycles. The van der Waals surface area contributed by atoms with Crippen molar-refractivity contribution >= 4 is 5.78 Å². The van der Waals surface area contributed by atoms with Gasteiger partial charge in [0.25, 0.3) is 0 Å². The minimum atomic E-state index is 0.549. The van der Waals surface area contributed by atoms with E-state index in [2.05, 4.69) is 6.92 Å². The van der Waals surface area contributed by atoms with Crippen LogP contribution in [0.25, 0.3) is 0 Å². The molecule has 0 aromatic carbocycles. The summed E-state index contributed by atoms with van der Waals surface area (Å²) in [6.45, 7) is 2.48. The average molecular weight is 176 g/mol. The Balaban J connectivity index is 1.86. The zero-order valence-electron chi connectivity index (χ0n) is 8.18. The number of hydrogen-bond donors (Lipinski definition) is 0. The molecule has 4 aliphatic rings. The molecule has 1 heteroatoms.